The summed E-state index contributed by atoms with van der Waals surface area (Å²) in [6, 6.07) is -4.32. The number of amides is 5. The van der Waals surface area contributed by atoms with Gasteiger partial charge in [0.1, 0.15) is 30.2 Å². The Kier molecular flexibility index (Phi) is 14.3. The molecule has 10 nitrogen and oxygen atoms in total. The lowest BCUT2D eigenvalue weighted by Gasteiger charge is -2.35. The van der Waals surface area contributed by atoms with E-state index in [0.29, 0.717) is 25.7 Å². The number of rotatable bonds is 9. The monoisotopic (exact) mass is 579 g/mol. The fourth-order valence-corrected chi connectivity index (χ4v) is 5.25. The third kappa shape index (κ3) is 10.9. The summed E-state index contributed by atoms with van der Waals surface area (Å²) >= 11 is 0. The minimum absolute atomic E-state index is 0.0829. The van der Waals surface area contributed by atoms with Crippen LogP contribution in [-0.2, 0) is 24.0 Å². The Morgan fingerprint density at radius 2 is 0.878 bits per heavy atom. The highest BCUT2D eigenvalue weighted by atomic mass is 16.2. The molecule has 1 fully saturated rings. The van der Waals surface area contributed by atoms with Gasteiger partial charge in [-0.2, -0.15) is 0 Å². The van der Waals surface area contributed by atoms with Crippen LogP contribution in [0.4, 0.5) is 0 Å². The van der Waals surface area contributed by atoms with Gasteiger partial charge in [0.15, 0.2) is 0 Å². The molecule has 5 atom stereocenters. The molecule has 0 aromatic rings. The number of carbonyl (C=O) groups excluding carboxylic acids is 5. The van der Waals surface area contributed by atoms with Gasteiger partial charge in [0.2, 0.25) is 29.5 Å². The highest BCUT2D eigenvalue weighted by Crippen LogP contribution is 2.19. The number of hydrogen-bond donors (Lipinski definition) is 3. The molecule has 0 aromatic heterocycles. The molecule has 41 heavy (non-hydrogen) atoms. The smallest absolute Gasteiger partial charge is 0.245 e. The van der Waals surface area contributed by atoms with E-state index in [1.807, 2.05) is 69.2 Å². The molecule has 1 saturated heterocycles. The molecule has 3 N–H and O–H groups in total. The molecule has 0 aromatic carbocycles. The predicted molar refractivity (Wildman–Crippen MR) is 162 cm³/mol. The summed E-state index contributed by atoms with van der Waals surface area (Å²) in [5, 5.41) is 8.72. The van der Waals surface area contributed by atoms with Gasteiger partial charge in [-0.05, 0) is 55.3 Å². The zero-order valence-corrected chi connectivity index (χ0v) is 27.5. The number of likely N-dealkylation sites (N-methyl/N-ethyl adjacent to an activating group) is 2. The van der Waals surface area contributed by atoms with Crippen LogP contribution in [-0.4, -0.2) is 83.6 Å². The van der Waals surface area contributed by atoms with Crippen molar-refractivity contribution in [1.29, 1.82) is 0 Å². The molecule has 0 spiro atoms. The summed E-state index contributed by atoms with van der Waals surface area (Å²) in [6.07, 6.45) is 1.52. The average Bonchev–Trinajstić information content (AvgIpc) is 2.84. The Balaban J connectivity index is 3.79. The molecule has 236 valence electrons. The fourth-order valence-electron chi connectivity index (χ4n) is 5.25. The molecule has 0 unspecified atom stereocenters. The zero-order chi connectivity index (χ0) is 31.8. The Labute approximate surface area is 248 Å². The van der Waals surface area contributed by atoms with Crippen LogP contribution < -0.4 is 16.0 Å². The first-order valence-corrected chi connectivity index (χ1v) is 15.3. The van der Waals surface area contributed by atoms with E-state index >= 15 is 0 Å². The molecule has 1 rings (SSSR count). The predicted octanol–water partition coefficient (Wildman–Crippen LogP) is 2.95. The highest BCUT2D eigenvalue weighted by Gasteiger charge is 2.39. The zero-order valence-electron chi connectivity index (χ0n) is 27.5. The molecular formula is C31H57N5O5. The van der Waals surface area contributed by atoms with E-state index < -0.39 is 47.9 Å². The third-order valence-electron chi connectivity index (χ3n) is 7.52. The van der Waals surface area contributed by atoms with Crippen LogP contribution in [0.25, 0.3) is 0 Å². The average molecular weight is 580 g/mol. The standard InChI is InChI=1S/C31H57N5O5/c1-17(2)13-22-27(37)34-26(21(9)10)31(41)36(12)25(16-20(7)8)29(39)33-23(14-18(3)4)30(40)35(11)24(15-19(5)6)28(38)32-22/h17-26H,13-16H2,1-12H3,(H,32,38)(H,33,39)(H,34,37)/t22-,23-,24-,25-,26+/m0/s1. The molecule has 0 bridgehead atoms. The quantitative estimate of drug-likeness (QED) is 0.387. The molecule has 0 radical (unpaired) electrons. The Hall–Kier alpha value is -2.65. The molecule has 5 amide bonds. The van der Waals surface area contributed by atoms with Gasteiger partial charge >= 0.3 is 0 Å². The minimum atomic E-state index is -0.895. The summed E-state index contributed by atoms with van der Waals surface area (Å²) in [5.74, 6) is -1.99. The van der Waals surface area contributed by atoms with Gasteiger partial charge in [0, 0.05) is 14.1 Å². The van der Waals surface area contributed by atoms with Crippen molar-refractivity contribution in [3.63, 3.8) is 0 Å². The van der Waals surface area contributed by atoms with Crippen molar-refractivity contribution in [2.75, 3.05) is 14.1 Å². The SMILES string of the molecule is CC(C)C[C@@H]1NC(=O)[C@H](CC(C)C)N(C)C(=O)[C@H](CC(C)C)NC(=O)[C@H](CC(C)C)N(C)C(=O)[C@@H](C(C)C)NC1=O. The van der Waals surface area contributed by atoms with Gasteiger partial charge in [-0.3, -0.25) is 24.0 Å². The molecule has 1 aliphatic heterocycles. The van der Waals surface area contributed by atoms with E-state index in [-0.39, 0.29) is 41.4 Å². The van der Waals surface area contributed by atoms with Crippen LogP contribution in [0, 0.1) is 29.6 Å². The lowest BCUT2D eigenvalue weighted by Crippen LogP contribution is -2.59. The maximum absolute atomic E-state index is 13.9. The van der Waals surface area contributed by atoms with E-state index in [9.17, 15) is 24.0 Å². The number of hydrogen-bond acceptors (Lipinski definition) is 5. The second kappa shape index (κ2) is 16.1. The summed E-state index contributed by atoms with van der Waals surface area (Å²) in [4.78, 5) is 71.7. The largest absolute Gasteiger partial charge is 0.343 e. The Bertz CT molecular complexity index is 917. The van der Waals surface area contributed by atoms with Crippen molar-refractivity contribution in [3.8, 4) is 0 Å². The van der Waals surface area contributed by atoms with Crippen LogP contribution in [0.5, 0.6) is 0 Å². The maximum atomic E-state index is 13.9. The number of nitrogens with zero attached hydrogens (tertiary/aromatic N) is 2. The van der Waals surface area contributed by atoms with Gasteiger partial charge in [-0.1, -0.05) is 69.2 Å². The molecule has 10 heteroatoms. The van der Waals surface area contributed by atoms with E-state index in [0.717, 1.165) is 0 Å². The van der Waals surface area contributed by atoms with Crippen LogP contribution in [0.3, 0.4) is 0 Å². The van der Waals surface area contributed by atoms with Gasteiger partial charge < -0.3 is 25.8 Å². The fraction of sp³-hybridized carbons (Fsp3) is 0.839. The van der Waals surface area contributed by atoms with Crippen molar-refractivity contribution in [1.82, 2.24) is 25.8 Å². The van der Waals surface area contributed by atoms with E-state index in [1.54, 1.807) is 14.1 Å². The van der Waals surface area contributed by atoms with Crippen LogP contribution in [0.1, 0.15) is 94.9 Å². The van der Waals surface area contributed by atoms with Crippen molar-refractivity contribution in [3.05, 3.63) is 0 Å². The van der Waals surface area contributed by atoms with Crippen molar-refractivity contribution >= 4 is 29.5 Å². The topological polar surface area (TPSA) is 128 Å². The van der Waals surface area contributed by atoms with Crippen LogP contribution in [0.2, 0.25) is 0 Å². The third-order valence-corrected chi connectivity index (χ3v) is 7.52. The van der Waals surface area contributed by atoms with Crippen LogP contribution >= 0.6 is 0 Å². The maximum Gasteiger partial charge on any atom is 0.245 e. The first-order chi connectivity index (χ1) is 18.9. The molecule has 0 saturated carbocycles. The molecule has 1 aliphatic rings. The lowest BCUT2D eigenvalue weighted by molar-refractivity contribution is -0.145. The minimum Gasteiger partial charge on any atom is -0.343 e. The van der Waals surface area contributed by atoms with E-state index in [4.69, 9.17) is 0 Å². The first kappa shape index (κ1) is 36.4. The number of carbonyl (C=O) groups is 5. The van der Waals surface area contributed by atoms with Gasteiger partial charge in [0.25, 0.3) is 0 Å². The van der Waals surface area contributed by atoms with Crippen molar-refractivity contribution < 1.29 is 24.0 Å². The molecular weight excluding hydrogens is 522 g/mol. The van der Waals surface area contributed by atoms with Crippen molar-refractivity contribution in [2.45, 2.75) is 125 Å². The van der Waals surface area contributed by atoms with Gasteiger partial charge in [0.05, 0.1) is 0 Å². The summed E-state index contributed by atoms with van der Waals surface area (Å²) in [7, 11) is 3.16. The number of nitrogens with one attached hydrogen (secondary N) is 3. The summed E-state index contributed by atoms with van der Waals surface area (Å²) in [5.41, 5.74) is 0. The van der Waals surface area contributed by atoms with E-state index in [2.05, 4.69) is 16.0 Å². The first-order valence-electron chi connectivity index (χ1n) is 15.3. The summed E-state index contributed by atoms with van der Waals surface area (Å²) in [6.45, 7) is 19.4. The highest BCUT2D eigenvalue weighted by molar-refractivity contribution is 5.97. The van der Waals surface area contributed by atoms with Gasteiger partial charge in [-0.25, -0.2) is 0 Å². The molecule has 0 aliphatic carbocycles. The summed E-state index contributed by atoms with van der Waals surface area (Å²) < 4.78 is 0. The second-order valence-electron chi connectivity index (χ2n) is 13.8. The normalized spacial score (nSPS) is 26.1. The Morgan fingerprint density at radius 1 is 0.512 bits per heavy atom. The molecule has 1 heterocycles. The Morgan fingerprint density at radius 3 is 1.27 bits per heavy atom. The van der Waals surface area contributed by atoms with Gasteiger partial charge in [-0.15, -0.1) is 0 Å². The lowest BCUT2D eigenvalue weighted by atomic mass is 9.96. The second-order valence-corrected chi connectivity index (χ2v) is 13.8. The van der Waals surface area contributed by atoms with Crippen LogP contribution in [0.15, 0.2) is 0 Å². The van der Waals surface area contributed by atoms with E-state index in [1.165, 1.54) is 9.80 Å². The van der Waals surface area contributed by atoms with Crippen molar-refractivity contribution in [2.24, 2.45) is 29.6 Å².